The first kappa shape index (κ1) is 17.5. The summed E-state index contributed by atoms with van der Waals surface area (Å²) >= 11 is 0. The van der Waals surface area contributed by atoms with E-state index in [0.717, 1.165) is 6.26 Å². The molecule has 0 saturated heterocycles. The minimum atomic E-state index is -3.45. The molecule has 2 aromatic carbocycles. The van der Waals surface area contributed by atoms with E-state index in [1.165, 1.54) is 19.1 Å². The average Bonchev–Trinajstić information content (AvgIpc) is 2.48. The Morgan fingerprint density at radius 1 is 0.833 bits per heavy atom. The van der Waals surface area contributed by atoms with Crippen LogP contribution < -0.4 is 16.0 Å². The van der Waals surface area contributed by atoms with Crippen molar-refractivity contribution < 1.29 is 18.0 Å². The van der Waals surface area contributed by atoms with Crippen LogP contribution in [0.2, 0.25) is 0 Å². The molecule has 0 aliphatic carbocycles. The van der Waals surface area contributed by atoms with Crippen LogP contribution in [0, 0.1) is 0 Å². The lowest BCUT2D eigenvalue weighted by molar-refractivity contribution is -0.114. The Morgan fingerprint density at radius 2 is 1.38 bits per heavy atom. The van der Waals surface area contributed by atoms with E-state index in [-0.39, 0.29) is 16.5 Å². The number of hydrogen-bond acceptors (Lipinski definition) is 4. The van der Waals surface area contributed by atoms with Gasteiger partial charge in [-0.05, 0) is 36.4 Å². The van der Waals surface area contributed by atoms with Gasteiger partial charge in [-0.1, -0.05) is 12.1 Å². The van der Waals surface area contributed by atoms with Crippen molar-refractivity contribution in [2.45, 2.75) is 11.8 Å². The fraction of sp³-hybridized carbons (Fsp3) is 0.125. The van der Waals surface area contributed by atoms with E-state index in [1.807, 2.05) is 0 Å². The van der Waals surface area contributed by atoms with Gasteiger partial charge in [0, 0.05) is 24.6 Å². The summed E-state index contributed by atoms with van der Waals surface area (Å²) in [7, 11) is -3.45. The number of carbonyl (C=O) groups excluding carboxylic acids is 2. The second kappa shape index (κ2) is 7.14. The topological polar surface area (TPSA) is 104 Å². The molecule has 0 aromatic heterocycles. The predicted octanol–water partition coefficient (Wildman–Crippen LogP) is 2.69. The molecule has 0 heterocycles. The van der Waals surface area contributed by atoms with Crippen molar-refractivity contribution in [3.8, 4) is 0 Å². The number of carbonyl (C=O) groups is 2. The number of urea groups is 1. The first-order valence-corrected chi connectivity index (χ1v) is 8.89. The molecule has 126 valence electrons. The Balaban J connectivity index is 2.08. The monoisotopic (exact) mass is 347 g/mol. The van der Waals surface area contributed by atoms with E-state index >= 15 is 0 Å². The van der Waals surface area contributed by atoms with Crippen LogP contribution in [0.15, 0.2) is 53.4 Å². The Kier molecular flexibility index (Phi) is 5.20. The highest BCUT2D eigenvalue weighted by Crippen LogP contribution is 2.21. The highest BCUT2D eigenvalue weighted by molar-refractivity contribution is 7.90. The molecule has 24 heavy (non-hydrogen) atoms. The van der Waals surface area contributed by atoms with Crippen molar-refractivity contribution in [2.24, 2.45) is 0 Å². The Labute approximate surface area is 140 Å². The lowest BCUT2D eigenvalue weighted by Crippen LogP contribution is -2.20. The number of para-hydroxylation sites is 1. The quantitative estimate of drug-likeness (QED) is 0.791. The molecule has 0 atom stereocenters. The molecule has 0 unspecified atom stereocenters. The number of anilines is 3. The number of benzene rings is 2. The third-order valence-corrected chi connectivity index (χ3v) is 4.15. The number of nitrogens with one attached hydrogen (secondary N) is 3. The number of sulfone groups is 1. The summed E-state index contributed by atoms with van der Waals surface area (Å²) in [6.07, 6.45) is 1.08. The number of amides is 3. The minimum Gasteiger partial charge on any atom is -0.326 e. The molecule has 0 spiro atoms. The highest BCUT2D eigenvalue weighted by Gasteiger charge is 2.14. The van der Waals surface area contributed by atoms with E-state index < -0.39 is 15.9 Å². The van der Waals surface area contributed by atoms with Crippen LogP contribution in [0.3, 0.4) is 0 Å². The molecule has 8 heteroatoms. The lowest BCUT2D eigenvalue weighted by Gasteiger charge is -2.11. The van der Waals surface area contributed by atoms with Crippen molar-refractivity contribution in [1.82, 2.24) is 0 Å². The zero-order chi connectivity index (χ0) is 17.7. The third kappa shape index (κ3) is 4.82. The lowest BCUT2D eigenvalue weighted by atomic mass is 10.3. The first-order chi connectivity index (χ1) is 11.3. The summed E-state index contributed by atoms with van der Waals surface area (Å²) in [5.41, 5.74) is 1.31. The van der Waals surface area contributed by atoms with Crippen LogP contribution in [0.25, 0.3) is 0 Å². The summed E-state index contributed by atoms with van der Waals surface area (Å²) in [5.74, 6) is -0.189. The van der Waals surface area contributed by atoms with Gasteiger partial charge in [0.25, 0.3) is 0 Å². The molecule has 0 aliphatic heterocycles. The predicted molar refractivity (Wildman–Crippen MR) is 92.9 cm³/mol. The molecular formula is C16H17N3O4S. The van der Waals surface area contributed by atoms with Gasteiger partial charge in [0.15, 0.2) is 9.84 Å². The molecule has 2 aromatic rings. The van der Waals surface area contributed by atoms with Crippen molar-refractivity contribution in [3.05, 3.63) is 48.5 Å². The van der Waals surface area contributed by atoms with Crippen LogP contribution in [-0.4, -0.2) is 26.6 Å². The van der Waals surface area contributed by atoms with Gasteiger partial charge in [0.1, 0.15) is 0 Å². The van der Waals surface area contributed by atoms with Gasteiger partial charge >= 0.3 is 6.03 Å². The minimum absolute atomic E-state index is 0.0427. The van der Waals surface area contributed by atoms with Gasteiger partial charge in [-0.3, -0.25) is 4.79 Å². The van der Waals surface area contributed by atoms with Gasteiger partial charge < -0.3 is 16.0 Å². The van der Waals surface area contributed by atoms with E-state index in [0.29, 0.717) is 11.4 Å². The molecule has 2 rings (SSSR count). The summed E-state index contributed by atoms with van der Waals surface area (Å²) in [6, 6.07) is 12.1. The van der Waals surface area contributed by atoms with Crippen molar-refractivity contribution in [3.63, 3.8) is 0 Å². The fourth-order valence-corrected chi connectivity index (χ4v) is 2.86. The largest absolute Gasteiger partial charge is 0.326 e. The molecule has 3 amide bonds. The number of hydrogen-bond donors (Lipinski definition) is 3. The van der Waals surface area contributed by atoms with Gasteiger partial charge in [-0.2, -0.15) is 0 Å². The maximum atomic E-state index is 12.0. The van der Waals surface area contributed by atoms with Crippen LogP contribution >= 0.6 is 0 Å². The molecule has 3 N–H and O–H groups in total. The third-order valence-electron chi connectivity index (χ3n) is 3.00. The number of rotatable bonds is 4. The Hall–Kier alpha value is -2.87. The van der Waals surface area contributed by atoms with Gasteiger partial charge in [0.05, 0.1) is 10.6 Å². The highest BCUT2D eigenvalue weighted by atomic mass is 32.2. The van der Waals surface area contributed by atoms with Crippen LogP contribution in [-0.2, 0) is 14.6 Å². The zero-order valence-electron chi connectivity index (χ0n) is 13.2. The summed E-state index contributed by atoms with van der Waals surface area (Å²) in [4.78, 5) is 23.0. The molecule has 0 fully saturated rings. The van der Waals surface area contributed by atoms with Gasteiger partial charge in [-0.25, -0.2) is 13.2 Å². The van der Waals surface area contributed by atoms with Crippen molar-refractivity contribution in [2.75, 3.05) is 22.2 Å². The fourth-order valence-electron chi connectivity index (χ4n) is 2.02. The first-order valence-electron chi connectivity index (χ1n) is 7.00. The maximum absolute atomic E-state index is 12.0. The zero-order valence-corrected chi connectivity index (χ0v) is 14.0. The van der Waals surface area contributed by atoms with Crippen LogP contribution in [0.5, 0.6) is 0 Å². The standard InChI is InChI=1S/C16H17N3O4S/c1-11(20)17-12-7-9-13(10-8-12)18-16(21)19-14-5-3-4-6-15(14)24(2,22)23/h3-10H,1-2H3,(H,17,20)(H2,18,19,21). The summed E-state index contributed by atoms with van der Waals surface area (Å²) < 4.78 is 23.4. The summed E-state index contributed by atoms with van der Waals surface area (Å²) in [5, 5.41) is 7.72. The second-order valence-electron chi connectivity index (χ2n) is 5.11. The summed E-state index contributed by atoms with van der Waals surface area (Å²) in [6.45, 7) is 1.40. The molecule has 0 aliphatic rings. The normalized spacial score (nSPS) is 10.8. The molecule has 7 nitrogen and oxygen atoms in total. The maximum Gasteiger partial charge on any atom is 0.323 e. The second-order valence-corrected chi connectivity index (χ2v) is 7.09. The van der Waals surface area contributed by atoms with Crippen molar-refractivity contribution >= 4 is 38.8 Å². The smallest absolute Gasteiger partial charge is 0.323 e. The average molecular weight is 347 g/mol. The molecule has 0 saturated carbocycles. The van der Waals surface area contributed by atoms with E-state index in [1.54, 1.807) is 36.4 Å². The van der Waals surface area contributed by atoms with Gasteiger partial charge in [0.2, 0.25) is 5.91 Å². The van der Waals surface area contributed by atoms with Crippen LogP contribution in [0.4, 0.5) is 21.9 Å². The Bertz CT molecular complexity index is 861. The SMILES string of the molecule is CC(=O)Nc1ccc(NC(=O)Nc2ccccc2S(C)(=O)=O)cc1. The molecular weight excluding hydrogens is 330 g/mol. The molecule has 0 radical (unpaired) electrons. The van der Waals surface area contributed by atoms with E-state index in [9.17, 15) is 18.0 Å². The van der Waals surface area contributed by atoms with Crippen LogP contribution in [0.1, 0.15) is 6.92 Å². The Morgan fingerprint density at radius 3 is 1.92 bits per heavy atom. The van der Waals surface area contributed by atoms with Gasteiger partial charge in [-0.15, -0.1) is 0 Å². The van der Waals surface area contributed by atoms with Crippen molar-refractivity contribution in [1.29, 1.82) is 0 Å². The molecule has 0 bridgehead atoms. The van der Waals surface area contributed by atoms with E-state index in [4.69, 9.17) is 0 Å². The van der Waals surface area contributed by atoms with E-state index in [2.05, 4.69) is 16.0 Å².